The van der Waals surface area contributed by atoms with E-state index in [1.165, 1.54) is 11.8 Å². The summed E-state index contributed by atoms with van der Waals surface area (Å²) < 4.78 is 32.1. The van der Waals surface area contributed by atoms with Crippen molar-refractivity contribution in [3.63, 3.8) is 0 Å². The number of ether oxygens (including phenoxy) is 1. The lowest BCUT2D eigenvalue weighted by molar-refractivity contribution is 0.252. The van der Waals surface area contributed by atoms with Crippen LogP contribution in [0.3, 0.4) is 0 Å². The summed E-state index contributed by atoms with van der Waals surface area (Å²) in [6.45, 7) is 2.37. The van der Waals surface area contributed by atoms with Gasteiger partial charge in [-0.05, 0) is 43.0 Å². The van der Waals surface area contributed by atoms with Gasteiger partial charge in [0.1, 0.15) is 0 Å². The van der Waals surface area contributed by atoms with Gasteiger partial charge in [-0.3, -0.25) is 0 Å². The molecule has 166 valence electrons. The first-order chi connectivity index (χ1) is 15.6. The number of hydrogen-bond acceptors (Lipinski definition) is 3. The van der Waals surface area contributed by atoms with Gasteiger partial charge in [0.25, 0.3) is 0 Å². The zero-order chi connectivity index (χ0) is 22.7. The van der Waals surface area contributed by atoms with Gasteiger partial charge in [-0.2, -0.15) is 0 Å². The summed E-state index contributed by atoms with van der Waals surface area (Å²) in [5.74, 6) is 0. The van der Waals surface area contributed by atoms with Gasteiger partial charge in [0.15, 0.2) is 0 Å². The summed E-state index contributed by atoms with van der Waals surface area (Å²) in [7, 11) is -3.62. The summed E-state index contributed by atoms with van der Waals surface area (Å²) in [6, 6.07) is 27.2. The van der Waals surface area contributed by atoms with E-state index in [1.807, 2.05) is 79.7 Å². The van der Waals surface area contributed by atoms with Crippen molar-refractivity contribution < 1.29 is 13.2 Å². The van der Waals surface area contributed by atoms with Gasteiger partial charge in [-0.1, -0.05) is 90.5 Å². The second-order valence-corrected chi connectivity index (χ2v) is 9.71. The first-order valence-electron chi connectivity index (χ1n) is 10.9. The minimum Gasteiger partial charge on any atom is -0.500 e. The minimum atomic E-state index is -3.62. The average Bonchev–Trinajstić information content (AvgIpc) is 2.81. The summed E-state index contributed by atoms with van der Waals surface area (Å²) in [5, 5.41) is 0. The molecule has 0 bridgehead atoms. The Morgan fingerprint density at radius 2 is 1.38 bits per heavy atom. The van der Waals surface area contributed by atoms with Crippen LogP contribution in [0.4, 0.5) is 0 Å². The lowest BCUT2D eigenvalue weighted by Crippen LogP contribution is -2.06. The number of benzene rings is 3. The number of rotatable bonds is 11. The van der Waals surface area contributed by atoms with Gasteiger partial charge in [0.2, 0.25) is 9.84 Å². The molecule has 0 aromatic heterocycles. The Morgan fingerprint density at radius 1 is 0.781 bits per heavy atom. The van der Waals surface area contributed by atoms with Crippen LogP contribution in [0.5, 0.6) is 0 Å². The molecule has 0 unspecified atom stereocenters. The molecule has 0 fully saturated rings. The fraction of sp³-hybridized carbons (Fsp3) is 0.214. The molecule has 0 heterocycles. The minimum absolute atomic E-state index is 0.269. The Hall–Kier alpha value is -3.11. The normalized spacial score (nSPS) is 12.2. The third kappa shape index (κ3) is 7.24. The number of aryl methyl sites for hydroxylation is 2. The van der Waals surface area contributed by atoms with Crippen LogP contribution in [0, 0.1) is 6.92 Å². The SMILES string of the molecule is Cc1ccc(S(=O)(=O)/C(=C\OCCc2ccccc2)C/C=C/CCc2ccccc2)cc1. The van der Waals surface area contributed by atoms with Gasteiger partial charge in [0.05, 0.1) is 22.7 Å². The predicted molar refractivity (Wildman–Crippen MR) is 131 cm³/mol. The molecule has 3 rings (SSSR count). The highest BCUT2D eigenvalue weighted by Gasteiger charge is 2.20. The molecule has 0 aliphatic heterocycles. The summed E-state index contributed by atoms with van der Waals surface area (Å²) in [6.07, 6.45) is 8.18. The maximum atomic E-state index is 13.2. The number of sulfone groups is 1. The highest BCUT2D eigenvalue weighted by atomic mass is 32.2. The summed E-state index contributed by atoms with van der Waals surface area (Å²) in [4.78, 5) is 0.559. The van der Waals surface area contributed by atoms with Crippen LogP contribution in [0.15, 0.2) is 113 Å². The molecular weight excluding hydrogens is 416 g/mol. The van der Waals surface area contributed by atoms with Crippen molar-refractivity contribution in [3.8, 4) is 0 Å². The Morgan fingerprint density at radius 3 is 2.00 bits per heavy atom. The Balaban J connectivity index is 1.66. The van der Waals surface area contributed by atoms with Crippen LogP contribution in [0.2, 0.25) is 0 Å². The fourth-order valence-corrected chi connectivity index (χ4v) is 4.58. The van der Waals surface area contributed by atoms with Crippen molar-refractivity contribution in [1.82, 2.24) is 0 Å². The predicted octanol–water partition coefficient (Wildman–Crippen LogP) is 6.45. The van der Waals surface area contributed by atoms with E-state index >= 15 is 0 Å². The molecule has 0 atom stereocenters. The van der Waals surface area contributed by atoms with Gasteiger partial charge >= 0.3 is 0 Å². The van der Waals surface area contributed by atoms with Crippen molar-refractivity contribution in [1.29, 1.82) is 0 Å². The maximum absolute atomic E-state index is 13.2. The Kier molecular flexibility index (Phi) is 8.88. The fourth-order valence-electron chi connectivity index (χ4n) is 3.28. The summed E-state index contributed by atoms with van der Waals surface area (Å²) >= 11 is 0. The van der Waals surface area contributed by atoms with E-state index in [2.05, 4.69) is 12.1 Å². The molecule has 0 radical (unpaired) electrons. The molecular formula is C28H30O3S. The standard InChI is InChI=1S/C28H30O3S/c1-24-17-19-27(20-18-24)32(29,30)28(23-31-22-21-26-14-7-3-8-15-26)16-10-4-9-13-25-11-5-2-6-12-25/h2-8,10-12,14-15,17-20,23H,9,13,16,21-22H2,1H3/b10-4+,28-23-. The second-order valence-electron chi connectivity index (χ2n) is 7.71. The molecule has 3 aromatic rings. The first-order valence-corrected chi connectivity index (χ1v) is 12.4. The van der Waals surface area contributed by atoms with Crippen molar-refractivity contribution in [2.75, 3.05) is 6.61 Å². The average molecular weight is 447 g/mol. The van der Waals surface area contributed by atoms with Gasteiger partial charge in [0, 0.05) is 12.8 Å². The third-order valence-corrected chi connectivity index (χ3v) is 7.02. The molecule has 32 heavy (non-hydrogen) atoms. The molecule has 3 nitrogen and oxygen atoms in total. The molecule has 0 amide bonds. The highest BCUT2D eigenvalue weighted by molar-refractivity contribution is 7.95. The smallest absolute Gasteiger partial charge is 0.206 e. The van der Waals surface area contributed by atoms with Crippen molar-refractivity contribution in [2.24, 2.45) is 0 Å². The van der Waals surface area contributed by atoms with Gasteiger partial charge in [-0.25, -0.2) is 8.42 Å². The van der Waals surface area contributed by atoms with E-state index in [-0.39, 0.29) is 4.91 Å². The lowest BCUT2D eigenvalue weighted by Gasteiger charge is -2.09. The molecule has 0 N–H and O–H groups in total. The van der Waals surface area contributed by atoms with Crippen LogP contribution >= 0.6 is 0 Å². The molecule has 0 spiro atoms. The quantitative estimate of drug-likeness (QED) is 0.193. The topological polar surface area (TPSA) is 43.4 Å². The molecule has 0 saturated heterocycles. The van der Waals surface area contributed by atoms with Crippen molar-refractivity contribution in [3.05, 3.63) is 125 Å². The number of hydrogen-bond donors (Lipinski definition) is 0. The van der Waals surface area contributed by atoms with Crippen LogP contribution in [0.25, 0.3) is 0 Å². The van der Waals surface area contributed by atoms with Crippen LogP contribution in [-0.4, -0.2) is 15.0 Å². The third-order valence-electron chi connectivity index (χ3n) is 5.17. The van der Waals surface area contributed by atoms with Gasteiger partial charge < -0.3 is 4.74 Å². The molecule has 0 saturated carbocycles. The lowest BCUT2D eigenvalue weighted by atomic mass is 10.1. The highest BCUT2D eigenvalue weighted by Crippen LogP contribution is 2.23. The molecule has 3 aromatic carbocycles. The Labute approximate surface area is 192 Å². The van der Waals surface area contributed by atoms with E-state index in [0.29, 0.717) is 17.9 Å². The first kappa shape index (κ1) is 23.6. The van der Waals surface area contributed by atoms with Crippen LogP contribution in [0.1, 0.15) is 29.5 Å². The zero-order valence-electron chi connectivity index (χ0n) is 18.5. The second kappa shape index (κ2) is 12.1. The van der Waals surface area contributed by atoms with E-state index in [9.17, 15) is 8.42 Å². The Bertz CT molecular complexity index is 1110. The molecule has 0 aliphatic rings. The van der Waals surface area contributed by atoms with E-state index < -0.39 is 9.84 Å². The zero-order valence-corrected chi connectivity index (χ0v) is 19.3. The largest absolute Gasteiger partial charge is 0.500 e. The van der Waals surface area contributed by atoms with Crippen LogP contribution in [-0.2, 0) is 27.4 Å². The molecule has 0 aliphatic carbocycles. The van der Waals surface area contributed by atoms with Crippen molar-refractivity contribution in [2.45, 2.75) is 37.5 Å². The van der Waals surface area contributed by atoms with E-state index in [0.717, 1.165) is 30.4 Å². The maximum Gasteiger partial charge on any atom is 0.206 e. The summed E-state index contributed by atoms with van der Waals surface area (Å²) in [5.41, 5.74) is 3.45. The van der Waals surface area contributed by atoms with Crippen LogP contribution < -0.4 is 0 Å². The van der Waals surface area contributed by atoms with E-state index in [1.54, 1.807) is 12.1 Å². The number of allylic oxidation sites excluding steroid dienone is 3. The van der Waals surface area contributed by atoms with Gasteiger partial charge in [-0.15, -0.1) is 0 Å². The van der Waals surface area contributed by atoms with Crippen molar-refractivity contribution >= 4 is 9.84 Å². The van der Waals surface area contributed by atoms with E-state index in [4.69, 9.17) is 4.74 Å². The monoisotopic (exact) mass is 446 g/mol. The molecule has 4 heteroatoms.